The largest absolute Gasteiger partial charge is 0.338 e. The second-order valence-electron chi connectivity index (χ2n) is 7.06. The number of hydrogen-bond donors (Lipinski definition) is 1. The van der Waals surface area contributed by atoms with Gasteiger partial charge in [0.15, 0.2) is 5.82 Å². The molecule has 0 aliphatic carbocycles. The van der Waals surface area contributed by atoms with E-state index in [2.05, 4.69) is 31.5 Å². The molecule has 0 unspecified atom stereocenters. The third kappa shape index (κ3) is 4.29. The highest BCUT2D eigenvalue weighted by atomic mass is 35.5. The molecule has 4 rings (SSSR count). The average molecular weight is 432 g/mol. The molecule has 1 aromatic heterocycles. The smallest absolute Gasteiger partial charge is 0.263 e. The molecule has 9 heteroatoms. The van der Waals surface area contributed by atoms with E-state index in [4.69, 9.17) is 11.6 Å². The molecule has 1 fully saturated rings. The molecule has 2 heterocycles. The Morgan fingerprint density at radius 2 is 1.69 bits per heavy atom. The first kappa shape index (κ1) is 19.9. The van der Waals surface area contributed by atoms with E-state index in [1.165, 1.54) is 0 Å². The summed E-state index contributed by atoms with van der Waals surface area (Å²) in [7, 11) is -1.72. The predicted octanol–water partition coefficient (Wildman–Crippen LogP) is 2.92. The van der Waals surface area contributed by atoms with Crippen LogP contribution in [0.25, 0.3) is 10.9 Å². The summed E-state index contributed by atoms with van der Waals surface area (Å²) in [5.41, 5.74) is 1.56. The molecule has 1 saturated heterocycles. The van der Waals surface area contributed by atoms with Gasteiger partial charge in [-0.15, -0.1) is 11.6 Å². The first-order valence-corrected chi connectivity index (χ1v) is 11.4. The number of halogens is 1. The SMILES string of the molecule is CN1CCN(c2nc(NS(=O)(=O)c3ccc(CCl)cc3)c3ccccc3n2)CC1. The third-order valence-corrected chi connectivity index (χ3v) is 6.66. The molecule has 0 amide bonds. The molecule has 0 saturated carbocycles. The monoisotopic (exact) mass is 431 g/mol. The lowest BCUT2D eigenvalue weighted by molar-refractivity contribution is 0.311. The van der Waals surface area contributed by atoms with Crippen molar-refractivity contribution in [3.63, 3.8) is 0 Å². The summed E-state index contributed by atoms with van der Waals surface area (Å²) >= 11 is 5.80. The van der Waals surface area contributed by atoms with Crippen molar-refractivity contribution < 1.29 is 8.42 Å². The van der Waals surface area contributed by atoms with Gasteiger partial charge < -0.3 is 9.80 Å². The van der Waals surface area contributed by atoms with Gasteiger partial charge in [0, 0.05) is 37.4 Å². The van der Waals surface area contributed by atoms with E-state index in [-0.39, 0.29) is 10.7 Å². The second kappa shape index (κ2) is 8.14. The summed E-state index contributed by atoms with van der Waals surface area (Å²) in [6.07, 6.45) is 0. The van der Waals surface area contributed by atoms with E-state index in [1.54, 1.807) is 24.3 Å². The molecule has 152 valence electrons. The Morgan fingerprint density at radius 1 is 1.00 bits per heavy atom. The van der Waals surface area contributed by atoms with Gasteiger partial charge >= 0.3 is 0 Å². The number of aromatic nitrogens is 2. The summed E-state index contributed by atoms with van der Waals surface area (Å²) in [6, 6.07) is 13.9. The number of hydrogen-bond acceptors (Lipinski definition) is 6. The highest BCUT2D eigenvalue weighted by molar-refractivity contribution is 7.92. The maximum Gasteiger partial charge on any atom is 0.263 e. The number of rotatable bonds is 5. The van der Waals surface area contributed by atoms with Gasteiger partial charge in [-0.05, 0) is 36.9 Å². The first-order valence-electron chi connectivity index (χ1n) is 9.34. The average Bonchev–Trinajstić information content (AvgIpc) is 2.74. The van der Waals surface area contributed by atoms with Crippen LogP contribution < -0.4 is 9.62 Å². The van der Waals surface area contributed by atoms with Crippen LogP contribution in [0.1, 0.15) is 5.56 Å². The van der Waals surface area contributed by atoms with Crippen LogP contribution in [0, 0.1) is 0 Å². The van der Waals surface area contributed by atoms with Crippen molar-refractivity contribution >= 4 is 44.3 Å². The van der Waals surface area contributed by atoms with E-state index >= 15 is 0 Å². The maximum absolute atomic E-state index is 13.0. The molecule has 1 aliphatic heterocycles. The lowest BCUT2D eigenvalue weighted by Gasteiger charge is -2.32. The third-order valence-electron chi connectivity index (χ3n) is 5.00. The lowest BCUT2D eigenvalue weighted by Crippen LogP contribution is -2.45. The number of benzene rings is 2. The van der Waals surface area contributed by atoms with Gasteiger partial charge in [-0.1, -0.05) is 24.3 Å². The minimum absolute atomic E-state index is 0.162. The number of likely N-dealkylation sites (N-methyl/N-ethyl adjacent to an activating group) is 1. The van der Waals surface area contributed by atoms with E-state index in [1.807, 2.05) is 24.3 Å². The quantitative estimate of drug-likeness (QED) is 0.626. The molecule has 29 heavy (non-hydrogen) atoms. The summed E-state index contributed by atoms with van der Waals surface area (Å²) < 4.78 is 28.6. The molecule has 0 spiro atoms. The van der Waals surface area contributed by atoms with Crippen molar-refractivity contribution in [1.29, 1.82) is 0 Å². The molecule has 0 radical (unpaired) electrons. The number of nitrogens with zero attached hydrogens (tertiary/aromatic N) is 4. The van der Waals surface area contributed by atoms with E-state index in [0.29, 0.717) is 22.7 Å². The zero-order chi connectivity index (χ0) is 20.4. The fourth-order valence-electron chi connectivity index (χ4n) is 3.23. The van der Waals surface area contributed by atoms with Crippen LogP contribution in [-0.4, -0.2) is 56.5 Å². The zero-order valence-electron chi connectivity index (χ0n) is 16.0. The minimum atomic E-state index is -3.80. The number of piperazine rings is 1. The Hall–Kier alpha value is -2.42. The normalized spacial score (nSPS) is 15.6. The van der Waals surface area contributed by atoms with Gasteiger partial charge in [0.05, 0.1) is 10.4 Å². The van der Waals surface area contributed by atoms with Crippen LogP contribution in [0.15, 0.2) is 53.4 Å². The van der Waals surface area contributed by atoms with Crippen molar-refractivity contribution in [3.8, 4) is 0 Å². The minimum Gasteiger partial charge on any atom is -0.338 e. The molecular formula is C20H22ClN5O2S. The molecule has 7 nitrogen and oxygen atoms in total. The van der Waals surface area contributed by atoms with E-state index < -0.39 is 10.0 Å². The van der Waals surface area contributed by atoms with Crippen LogP contribution in [0.2, 0.25) is 0 Å². The molecule has 2 aromatic carbocycles. The summed E-state index contributed by atoms with van der Waals surface area (Å²) in [5, 5.41) is 0.659. The topological polar surface area (TPSA) is 78.4 Å². The van der Waals surface area contributed by atoms with Crippen molar-refractivity contribution in [1.82, 2.24) is 14.9 Å². The zero-order valence-corrected chi connectivity index (χ0v) is 17.6. The van der Waals surface area contributed by atoms with Crippen LogP contribution in [0.3, 0.4) is 0 Å². The summed E-state index contributed by atoms with van der Waals surface area (Å²) in [4.78, 5) is 13.7. The molecular weight excluding hydrogens is 410 g/mol. The van der Waals surface area contributed by atoms with Crippen LogP contribution >= 0.6 is 11.6 Å². The lowest BCUT2D eigenvalue weighted by atomic mass is 10.2. The van der Waals surface area contributed by atoms with Crippen molar-refractivity contribution in [2.75, 3.05) is 42.8 Å². The number of nitrogens with one attached hydrogen (secondary N) is 1. The fourth-order valence-corrected chi connectivity index (χ4v) is 4.43. The van der Waals surface area contributed by atoms with Gasteiger partial charge in [0.25, 0.3) is 10.0 Å². The Labute approximate surface area is 175 Å². The second-order valence-corrected chi connectivity index (χ2v) is 9.01. The maximum atomic E-state index is 13.0. The van der Waals surface area contributed by atoms with Gasteiger partial charge in [-0.25, -0.2) is 13.4 Å². The Bertz CT molecular complexity index is 1110. The number of para-hydroxylation sites is 1. The number of alkyl halides is 1. The van der Waals surface area contributed by atoms with Gasteiger partial charge in [0.1, 0.15) is 0 Å². The number of fused-ring (bicyclic) bond motifs is 1. The summed E-state index contributed by atoms with van der Waals surface area (Å²) in [6.45, 7) is 3.40. The van der Waals surface area contributed by atoms with Gasteiger partial charge in [0.2, 0.25) is 5.95 Å². The van der Waals surface area contributed by atoms with E-state index in [0.717, 1.165) is 31.7 Å². The van der Waals surface area contributed by atoms with Crippen LogP contribution in [-0.2, 0) is 15.9 Å². The van der Waals surface area contributed by atoms with Crippen molar-refractivity contribution in [3.05, 3.63) is 54.1 Å². The highest BCUT2D eigenvalue weighted by Crippen LogP contribution is 2.26. The Balaban J connectivity index is 1.71. The molecule has 3 aromatic rings. The van der Waals surface area contributed by atoms with Crippen molar-refractivity contribution in [2.45, 2.75) is 10.8 Å². The molecule has 0 bridgehead atoms. The predicted molar refractivity (Wildman–Crippen MR) is 116 cm³/mol. The Morgan fingerprint density at radius 3 is 2.38 bits per heavy atom. The standard InChI is InChI=1S/C20H22ClN5O2S/c1-25-10-12-26(13-11-25)20-22-18-5-3-2-4-17(18)19(23-20)24-29(27,28)16-8-6-15(14-21)7-9-16/h2-9H,10-14H2,1H3,(H,22,23,24). The molecule has 1 N–H and O–H groups in total. The van der Waals surface area contributed by atoms with Crippen LogP contribution in [0.4, 0.5) is 11.8 Å². The van der Waals surface area contributed by atoms with Crippen LogP contribution in [0.5, 0.6) is 0 Å². The number of sulfonamides is 1. The van der Waals surface area contributed by atoms with E-state index in [9.17, 15) is 8.42 Å². The molecule has 0 atom stereocenters. The molecule has 1 aliphatic rings. The summed E-state index contributed by atoms with van der Waals surface area (Å²) in [5.74, 6) is 1.15. The van der Waals surface area contributed by atoms with Gasteiger partial charge in [-0.2, -0.15) is 4.98 Å². The number of anilines is 2. The van der Waals surface area contributed by atoms with Gasteiger partial charge in [-0.3, -0.25) is 4.72 Å². The Kier molecular flexibility index (Phi) is 5.58. The fraction of sp³-hybridized carbons (Fsp3) is 0.300. The first-order chi connectivity index (χ1) is 14.0. The highest BCUT2D eigenvalue weighted by Gasteiger charge is 2.21. The van der Waals surface area contributed by atoms with Crippen molar-refractivity contribution in [2.24, 2.45) is 0 Å².